The van der Waals surface area contributed by atoms with Crippen LogP contribution in [-0.4, -0.2) is 41.9 Å². The third-order valence-corrected chi connectivity index (χ3v) is 14.5. The van der Waals surface area contributed by atoms with Crippen LogP contribution in [-0.2, 0) is 4.57 Å². The summed E-state index contributed by atoms with van der Waals surface area (Å²) >= 11 is 0. The lowest BCUT2D eigenvalue weighted by molar-refractivity contribution is 0.421. The van der Waals surface area contributed by atoms with E-state index in [9.17, 15) is 40.3 Å². The lowest BCUT2D eigenvalue weighted by Gasteiger charge is -2.29. The number of unbranched alkanes of at least 4 members (excludes halogenated alkanes) is 12. The average Bonchev–Trinajstić information content (AvgIpc) is 3.26. The molecule has 9 nitrogen and oxygen atoms in total. The molecule has 64 heavy (non-hydrogen) atoms. The molecule has 5 rings (SSSR count). The van der Waals surface area contributed by atoms with Crippen molar-refractivity contribution in [2.45, 2.75) is 187 Å². The molecule has 0 heterocycles. The van der Waals surface area contributed by atoms with Crippen LogP contribution in [0.25, 0.3) is 0 Å². The maximum Gasteiger partial charge on any atom is 0.555 e. The number of benzene rings is 4. The lowest BCUT2D eigenvalue weighted by atomic mass is 9.76. The highest BCUT2D eigenvalue weighted by Crippen LogP contribution is 2.53. The number of hydrogen-bond acceptors (Lipinski definition) is 9. The molecule has 0 spiro atoms. The molecule has 5 unspecified atom stereocenters. The van der Waals surface area contributed by atoms with Gasteiger partial charge in [0.2, 0.25) is 0 Å². The lowest BCUT2D eigenvalue weighted by Crippen LogP contribution is -2.12. The summed E-state index contributed by atoms with van der Waals surface area (Å²) in [5.41, 5.74) is 4.28. The highest BCUT2D eigenvalue weighted by atomic mass is 31.1. The molecule has 0 saturated carbocycles. The van der Waals surface area contributed by atoms with Crippen molar-refractivity contribution < 1.29 is 44.8 Å². The predicted molar refractivity (Wildman–Crippen MR) is 259 cm³/mol. The first kappa shape index (κ1) is 50.4. The first-order valence-corrected chi connectivity index (χ1v) is 25.9. The third kappa shape index (κ3) is 12.4. The van der Waals surface area contributed by atoms with Crippen molar-refractivity contribution in [1.29, 1.82) is 0 Å². The number of aromatic hydroxyl groups is 7. The molecule has 0 aliphatic heterocycles. The summed E-state index contributed by atoms with van der Waals surface area (Å²) in [4.78, 5) is 0. The molecule has 7 N–H and O–H groups in total. The molecule has 4 aromatic carbocycles. The second kappa shape index (κ2) is 24.6. The van der Waals surface area contributed by atoms with Gasteiger partial charge in [0.1, 0.15) is 40.2 Å². The molecule has 4 aromatic rings. The minimum atomic E-state index is -2.15. The van der Waals surface area contributed by atoms with E-state index >= 15 is 0 Å². The van der Waals surface area contributed by atoms with Crippen molar-refractivity contribution in [2.24, 2.45) is 0 Å². The number of rotatable bonds is 23. The van der Waals surface area contributed by atoms with Crippen LogP contribution in [0.4, 0.5) is 0 Å². The Labute approximate surface area is 383 Å². The Morgan fingerprint density at radius 1 is 0.359 bits per heavy atom. The Kier molecular flexibility index (Phi) is 19.4. The van der Waals surface area contributed by atoms with Crippen LogP contribution in [0.5, 0.6) is 46.0 Å². The van der Waals surface area contributed by atoms with Gasteiger partial charge < -0.3 is 35.7 Å². The van der Waals surface area contributed by atoms with Gasteiger partial charge in [-0.25, -0.2) is 0 Å². The van der Waals surface area contributed by atoms with Crippen molar-refractivity contribution in [3.05, 3.63) is 93.0 Å². The van der Waals surface area contributed by atoms with Gasteiger partial charge in [0.25, 0.3) is 0 Å². The zero-order valence-electron chi connectivity index (χ0n) is 39.2. The second-order valence-electron chi connectivity index (χ2n) is 18.2. The molecule has 350 valence electrons. The number of phenolic OH excluding ortho intramolecular Hbond substituents is 7. The molecular formula is C54H76O9P+. The number of hydrogen-bond donors (Lipinski definition) is 7. The van der Waals surface area contributed by atoms with Gasteiger partial charge in [0.15, 0.2) is 11.9 Å². The zero-order chi connectivity index (χ0) is 46.3. The summed E-state index contributed by atoms with van der Waals surface area (Å²) in [5, 5.41) is 83.4. The zero-order valence-corrected chi connectivity index (χ0v) is 40.1. The maximum absolute atomic E-state index is 13.3. The van der Waals surface area contributed by atoms with Crippen LogP contribution in [0.3, 0.4) is 0 Å². The van der Waals surface area contributed by atoms with Gasteiger partial charge in [0.05, 0.1) is 0 Å². The van der Waals surface area contributed by atoms with Crippen LogP contribution in [0, 0.1) is 0 Å². The molecule has 0 saturated heterocycles. The molecule has 0 fully saturated rings. The van der Waals surface area contributed by atoms with Crippen molar-refractivity contribution >= 4 is 8.03 Å². The van der Waals surface area contributed by atoms with Crippen molar-refractivity contribution in [2.75, 3.05) is 6.16 Å². The van der Waals surface area contributed by atoms with E-state index in [0.717, 1.165) is 103 Å². The number of fused-ring (bicyclic) bond motifs is 8. The monoisotopic (exact) mass is 900 g/mol. The molecule has 0 radical (unpaired) electrons. The Morgan fingerprint density at radius 2 is 0.609 bits per heavy atom. The molecule has 0 amide bonds. The summed E-state index contributed by atoms with van der Waals surface area (Å²) in [6, 6.07) is 13.1. The Bertz CT molecular complexity index is 2140. The van der Waals surface area contributed by atoms with Crippen LogP contribution in [0.15, 0.2) is 48.5 Å². The highest BCUT2D eigenvalue weighted by molar-refractivity contribution is 7.39. The first-order chi connectivity index (χ1) is 30.9. The Balaban J connectivity index is 1.94. The molecule has 1 aliphatic rings. The molecule has 10 heteroatoms. The third-order valence-electron chi connectivity index (χ3n) is 13.5. The molecule has 5 atom stereocenters. The van der Waals surface area contributed by atoms with Gasteiger partial charge in [-0.2, -0.15) is 0 Å². The SMILES string of the molecule is CCCCCCC1c2cc(c(O)cc2O)C(CCCCCC)c2cc(c(O)cc2O)C(CCCCCC)c2cc(c(O)cc2O[P+](=O)CC)C(CCCCCC)c2cc1c(O)cc2O. The normalized spacial score (nSPS) is 17.4. The van der Waals surface area contributed by atoms with E-state index in [4.69, 9.17) is 4.52 Å². The van der Waals surface area contributed by atoms with Crippen molar-refractivity contribution in [3.63, 3.8) is 0 Å². The summed E-state index contributed by atoms with van der Waals surface area (Å²) in [6.45, 7) is 10.4. The van der Waals surface area contributed by atoms with Gasteiger partial charge in [-0.1, -0.05) is 130 Å². The van der Waals surface area contributed by atoms with E-state index in [-0.39, 0.29) is 52.2 Å². The minimum Gasteiger partial charge on any atom is -0.508 e. The molecule has 0 aromatic heterocycles. The van der Waals surface area contributed by atoms with E-state index in [1.54, 1.807) is 6.92 Å². The summed E-state index contributed by atoms with van der Waals surface area (Å²) in [6.07, 6.45) is 17.5. The summed E-state index contributed by atoms with van der Waals surface area (Å²) in [5.74, 6) is -2.77. The topological polar surface area (TPSA) is 168 Å². The fraction of sp³-hybridized carbons (Fsp3) is 0.556. The number of phenols is 7. The van der Waals surface area contributed by atoms with E-state index in [1.165, 1.54) is 24.3 Å². The van der Waals surface area contributed by atoms with Crippen LogP contribution >= 0.6 is 8.03 Å². The molecule has 8 bridgehead atoms. The Hall–Kier alpha value is -4.62. The van der Waals surface area contributed by atoms with Gasteiger partial charge in [-0.15, -0.1) is 0 Å². The van der Waals surface area contributed by atoms with E-state index in [0.29, 0.717) is 70.2 Å². The Morgan fingerprint density at radius 3 is 0.875 bits per heavy atom. The van der Waals surface area contributed by atoms with Gasteiger partial charge >= 0.3 is 8.03 Å². The van der Waals surface area contributed by atoms with E-state index < -0.39 is 31.7 Å². The largest absolute Gasteiger partial charge is 0.555 e. The van der Waals surface area contributed by atoms with Crippen LogP contribution in [0.1, 0.15) is 231 Å². The second-order valence-corrected chi connectivity index (χ2v) is 19.7. The van der Waals surface area contributed by atoms with E-state index in [2.05, 4.69) is 27.7 Å². The quantitative estimate of drug-likeness (QED) is 0.0283. The maximum atomic E-state index is 13.3. The van der Waals surface area contributed by atoms with Gasteiger partial charge in [-0.05, 0) is 61.4 Å². The summed E-state index contributed by atoms with van der Waals surface area (Å²) in [7, 11) is -2.15. The van der Waals surface area contributed by atoms with Crippen molar-refractivity contribution in [3.8, 4) is 46.0 Å². The molecular weight excluding hydrogens is 824 g/mol. The molecule has 1 aliphatic carbocycles. The standard InChI is InChI=1S/C54H75O9P/c1-6-11-15-19-23-35-39-27-40(48(56)31-47(39)55)36(24-20-16-12-7-2)43-29-44(52(60)33-51(43)59)38(26-22-18-14-9-4)46-30-45(53(61)34-54(46)63-64(62)10-5)37(25-21-17-13-8-3)42-28-41(35)49(57)32-50(42)58/h27-38H,6-26H2,1-5H3,(H6-,55,56,57,58,59,60,61)/p+1. The van der Waals surface area contributed by atoms with Gasteiger partial charge in [-0.3, -0.25) is 4.52 Å². The highest BCUT2D eigenvalue weighted by Gasteiger charge is 2.34. The predicted octanol–water partition coefficient (Wildman–Crippen LogP) is 15.5. The first-order valence-electron chi connectivity index (χ1n) is 24.5. The fourth-order valence-electron chi connectivity index (χ4n) is 9.93. The van der Waals surface area contributed by atoms with Gasteiger partial charge in [0, 0.05) is 92.4 Å². The average molecular weight is 900 g/mol. The van der Waals surface area contributed by atoms with Crippen molar-refractivity contribution in [1.82, 2.24) is 0 Å². The fourth-order valence-corrected chi connectivity index (χ4v) is 10.4. The minimum absolute atomic E-state index is 0.0849. The van der Waals surface area contributed by atoms with Crippen LogP contribution < -0.4 is 4.52 Å². The summed E-state index contributed by atoms with van der Waals surface area (Å²) < 4.78 is 19.5. The smallest absolute Gasteiger partial charge is 0.508 e. The van der Waals surface area contributed by atoms with Crippen LogP contribution in [0.2, 0.25) is 0 Å². The van der Waals surface area contributed by atoms with E-state index in [1.807, 2.05) is 24.3 Å².